The summed E-state index contributed by atoms with van der Waals surface area (Å²) in [6.07, 6.45) is 8.04. The largest absolute Gasteiger partial charge is 0.334 e. The Balaban J connectivity index is 1.88. The van der Waals surface area contributed by atoms with Crippen molar-refractivity contribution in [2.24, 2.45) is 0 Å². The summed E-state index contributed by atoms with van der Waals surface area (Å²) in [6, 6.07) is 5.95. The van der Waals surface area contributed by atoms with Crippen LogP contribution < -0.4 is 0 Å². The van der Waals surface area contributed by atoms with Crippen molar-refractivity contribution in [3.8, 4) is 0 Å². The van der Waals surface area contributed by atoms with Crippen LogP contribution in [0.4, 0.5) is 0 Å². The molecule has 0 radical (unpaired) electrons. The molecule has 2 atom stereocenters. The molecule has 2 aromatic rings. The summed E-state index contributed by atoms with van der Waals surface area (Å²) in [5.41, 5.74) is 3.16. The molecule has 0 spiro atoms. The first kappa shape index (κ1) is 16.7. The van der Waals surface area contributed by atoms with Crippen molar-refractivity contribution in [2.45, 2.75) is 58.5 Å². The van der Waals surface area contributed by atoms with E-state index in [1.54, 1.807) is 0 Å². The molecule has 2 aromatic heterocycles. The van der Waals surface area contributed by atoms with Crippen molar-refractivity contribution in [1.29, 1.82) is 0 Å². The molecule has 5 nitrogen and oxygen atoms in total. The van der Waals surface area contributed by atoms with Gasteiger partial charge in [0.1, 0.15) is 6.04 Å². The van der Waals surface area contributed by atoms with Crippen molar-refractivity contribution >= 4 is 5.91 Å². The SMILES string of the molecule is Cc1cc(C)n(C(C)C(=O)N2CCCCCC2c2ccncc2)n1. The van der Waals surface area contributed by atoms with E-state index in [4.69, 9.17) is 0 Å². The predicted octanol–water partition coefficient (Wildman–Crippen LogP) is 3.60. The minimum atomic E-state index is -0.277. The van der Waals surface area contributed by atoms with E-state index in [1.165, 1.54) is 12.0 Å². The Kier molecular flexibility index (Phi) is 4.97. The van der Waals surface area contributed by atoms with Crippen LogP contribution in [0.2, 0.25) is 0 Å². The quantitative estimate of drug-likeness (QED) is 0.866. The summed E-state index contributed by atoms with van der Waals surface area (Å²) >= 11 is 0. The molecular weight excluding hydrogens is 300 g/mol. The van der Waals surface area contributed by atoms with Gasteiger partial charge >= 0.3 is 0 Å². The van der Waals surface area contributed by atoms with E-state index < -0.39 is 0 Å². The van der Waals surface area contributed by atoms with Crippen molar-refractivity contribution in [1.82, 2.24) is 19.7 Å². The second-order valence-electron chi connectivity index (χ2n) is 6.72. The Morgan fingerprint density at radius 1 is 1.21 bits per heavy atom. The van der Waals surface area contributed by atoms with Crippen LogP contribution in [0.15, 0.2) is 30.6 Å². The van der Waals surface area contributed by atoms with Crippen molar-refractivity contribution in [3.63, 3.8) is 0 Å². The fourth-order valence-electron chi connectivity index (χ4n) is 3.69. The van der Waals surface area contributed by atoms with Gasteiger partial charge in [-0.2, -0.15) is 5.10 Å². The third-order valence-corrected chi connectivity index (χ3v) is 4.90. The first-order chi connectivity index (χ1) is 11.6. The normalized spacial score (nSPS) is 19.8. The summed E-state index contributed by atoms with van der Waals surface area (Å²) in [5, 5.41) is 4.51. The Hall–Kier alpha value is -2.17. The van der Waals surface area contributed by atoms with Gasteiger partial charge in [0.05, 0.1) is 11.7 Å². The molecule has 24 heavy (non-hydrogen) atoms. The second kappa shape index (κ2) is 7.16. The lowest BCUT2D eigenvalue weighted by Gasteiger charge is -2.33. The first-order valence-corrected chi connectivity index (χ1v) is 8.81. The Bertz CT molecular complexity index is 695. The fraction of sp³-hybridized carbons (Fsp3) is 0.526. The molecule has 128 valence electrons. The van der Waals surface area contributed by atoms with E-state index in [0.29, 0.717) is 0 Å². The lowest BCUT2D eigenvalue weighted by molar-refractivity contribution is -0.137. The van der Waals surface area contributed by atoms with E-state index in [9.17, 15) is 4.79 Å². The molecule has 0 aromatic carbocycles. The molecule has 0 bridgehead atoms. The first-order valence-electron chi connectivity index (χ1n) is 8.81. The van der Waals surface area contributed by atoms with E-state index in [1.807, 2.05) is 56.0 Å². The molecular formula is C19H26N4O. The van der Waals surface area contributed by atoms with Crippen molar-refractivity contribution in [2.75, 3.05) is 6.54 Å². The second-order valence-corrected chi connectivity index (χ2v) is 6.72. The molecule has 0 saturated carbocycles. The van der Waals surface area contributed by atoms with Crippen LogP contribution in [0.25, 0.3) is 0 Å². The molecule has 1 amide bonds. The average Bonchev–Trinajstić information content (AvgIpc) is 2.79. The lowest BCUT2D eigenvalue weighted by Crippen LogP contribution is -2.39. The van der Waals surface area contributed by atoms with Gasteiger partial charge in [-0.1, -0.05) is 12.8 Å². The van der Waals surface area contributed by atoms with E-state index in [0.717, 1.165) is 37.2 Å². The van der Waals surface area contributed by atoms with E-state index >= 15 is 0 Å². The molecule has 1 aliphatic heterocycles. The average molecular weight is 326 g/mol. The molecule has 5 heteroatoms. The summed E-state index contributed by atoms with van der Waals surface area (Å²) < 4.78 is 1.85. The number of nitrogens with zero attached hydrogens (tertiary/aromatic N) is 4. The number of aryl methyl sites for hydroxylation is 2. The van der Waals surface area contributed by atoms with Gasteiger partial charge in [-0.15, -0.1) is 0 Å². The van der Waals surface area contributed by atoms with E-state index in [2.05, 4.69) is 15.0 Å². The molecule has 1 fully saturated rings. The van der Waals surface area contributed by atoms with E-state index in [-0.39, 0.29) is 18.0 Å². The maximum Gasteiger partial charge on any atom is 0.247 e. The highest BCUT2D eigenvalue weighted by Crippen LogP contribution is 2.31. The van der Waals surface area contributed by atoms with Crippen molar-refractivity contribution in [3.05, 3.63) is 47.5 Å². The number of amides is 1. The molecule has 3 heterocycles. The minimum absolute atomic E-state index is 0.141. The van der Waals surface area contributed by atoms with Gasteiger partial charge in [0, 0.05) is 24.6 Å². The number of aromatic nitrogens is 3. The topological polar surface area (TPSA) is 51.0 Å². The van der Waals surface area contributed by atoms with Gasteiger partial charge in [-0.05, 0) is 57.4 Å². The van der Waals surface area contributed by atoms with Crippen LogP contribution in [0, 0.1) is 13.8 Å². The number of pyridine rings is 1. The van der Waals surface area contributed by atoms with Gasteiger partial charge in [0.2, 0.25) is 5.91 Å². The summed E-state index contributed by atoms with van der Waals surface area (Å²) in [6.45, 7) is 6.74. The number of hydrogen-bond acceptors (Lipinski definition) is 3. The Morgan fingerprint density at radius 2 is 1.96 bits per heavy atom. The van der Waals surface area contributed by atoms with Crippen LogP contribution in [-0.4, -0.2) is 32.1 Å². The maximum atomic E-state index is 13.2. The highest BCUT2D eigenvalue weighted by atomic mass is 16.2. The smallest absolute Gasteiger partial charge is 0.247 e. The fourth-order valence-corrected chi connectivity index (χ4v) is 3.69. The van der Waals surface area contributed by atoms with Crippen LogP contribution in [-0.2, 0) is 4.79 Å². The highest BCUT2D eigenvalue weighted by molar-refractivity contribution is 5.80. The molecule has 0 aliphatic carbocycles. The molecule has 3 rings (SSSR count). The van der Waals surface area contributed by atoms with Gasteiger partial charge in [0.15, 0.2) is 0 Å². The van der Waals surface area contributed by atoms with Crippen LogP contribution in [0.5, 0.6) is 0 Å². The number of carbonyl (C=O) groups is 1. The summed E-state index contributed by atoms with van der Waals surface area (Å²) in [5.74, 6) is 0.157. The predicted molar refractivity (Wildman–Crippen MR) is 93.6 cm³/mol. The molecule has 2 unspecified atom stereocenters. The van der Waals surface area contributed by atoms with Crippen LogP contribution >= 0.6 is 0 Å². The number of carbonyl (C=O) groups excluding carboxylic acids is 1. The summed E-state index contributed by atoms with van der Waals surface area (Å²) in [7, 11) is 0. The third kappa shape index (κ3) is 3.35. The summed E-state index contributed by atoms with van der Waals surface area (Å²) in [4.78, 5) is 19.4. The van der Waals surface area contributed by atoms with Crippen LogP contribution in [0.3, 0.4) is 0 Å². The number of hydrogen-bond donors (Lipinski definition) is 0. The van der Waals surface area contributed by atoms with Gasteiger partial charge < -0.3 is 4.90 Å². The third-order valence-electron chi connectivity index (χ3n) is 4.90. The maximum absolute atomic E-state index is 13.2. The Labute approximate surface area is 143 Å². The number of rotatable bonds is 3. The Morgan fingerprint density at radius 3 is 2.62 bits per heavy atom. The standard InChI is InChI=1S/C19H26N4O/c1-14-13-15(2)23(21-14)16(3)19(24)22-12-6-4-5-7-18(22)17-8-10-20-11-9-17/h8-11,13,16,18H,4-7,12H2,1-3H3. The van der Waals surface area contributed by atoms with Gasteiger partial charge in [0.25, 0.3) is 0 Å². The van der Waals surface area contributed by atoms with Gasteiger partial charge in [-0.3, -0.25) is 14.5 Å². The molecule has 1 aliphatic rings. The zero-order valence-electron chi connectivity index (χ0n) is 14.8. The minimum Gasteiger partial charge on any atom is -0.334 e. The van der Waals surface area contributed by atoms with Gasteiger partial charge in [-0.25, -0.2) is 0 Å². The number of likely N-dealkylation sites (tertiary alicyclic amines) is 1. The zero-order chi connectivity index (χ0) is 17.1. The highest BCUT2D eigenvalue weighted by Gasteiger charge is 2.31. The lowest BCUT2D eigenvalue weighted by atomic mass is 10.0. The monoisotopic (exact) mass is 326 g/mol. The van der Waals surface area contributed by atoms with Crippen LogP contribution in [0.1, 0.15) is 61.6 Å². The zero-order valence-corrected chi connectivity index (χ0v) is 14.8. The van der Waals surface area contributed by atoms with Crippen molar-refractivity contribution < 1.29 is 4.79 Å². The molecule has 0 N–H and O–H groups in total. The molecule has 1 saturated heterocycles.